The summed E-state index contributed by atoms with van der Waals surface area (Å²) in [5.41, 5.74) is 2.42. The topological polar surface area (TPSA) is 48.4 Å². The van der Waals surface area contributed by atoms with Crippen molar-refractivity contribution in [3.63, 3.8) is 0 Å². The summed E-state index contributed by atoms with van der Waals surface area (Å²) in [4.78, 5) is 6.29. The lowest BCUT2D eigenvalue weighted by Crippen LogP contribution is -2.38. The van der Waals surface area contributed by atoms with Gasteiger partial charge in [0.25, 0.3) is 0 Å². The lowest BCUT2D eigenvalue weighted by molar-refractivity contribution is 0.116. The zero-order chi connectivity index (χ0) is 13.4. The van der Waals surface area contributed by atoms with E-state index >= 15 is 0 Å². The fraction of sp³-hybridized carbons (Fsp3) is 0.643. The fourth-order valence-corrected chi connectivity index (χ4v) is 1.92. The van der Waals surface area contributed by atoms with Gasteiger partial charge in [0.05, 0.1) is 6.10 Å². The molecule has 0 aliphatic carbocycles. The zero-order valence-electron chi connectivity index (χ0n) is 11.7. The van der Waals surface area contributed by atoms with E-state index in [-0.39, 0.29) is 6.10 Å². The number of nitrogens with one attached hydrogen (secondary N) is 1. The molecular weight excluding hydrogens is 226 g/mol. The number of pyridine rings is 1. The van der Waals surface area contributed by atoms with Crippen LogP contribution in [0.4, 0.5) is 0 Å². The van der Waals surface area contributed by atoms with Gasteiger partial charge in [0.1, 0.15) is 0 Å². The lowest BCUT2D eigenvalue weighted by Gasteiger charge is -2.22. The molecule has 0 aliphatic rings. The second kappa shape index (κ2) is 8.19. The minimum Gasteiger partial charge on any atom is -0.390 e. The Labute approximate surface area is 110 Å². The molecule has 0 aromatic carbocycles. The van der Waals surface area contributed by atoms with Gasteiger partial charge in [-0.15, -0.1) is 0 Å². The maximum atomic E-state index is 9.91. The molecule has 4 heteroatoms. The molecule has 1 aromatic heterocycles. The van der Waals surface area contributed by atoms with Crippen molar-refractivity contribution in [2.45, 2.75) is 33.4 Å². The highest BCUT2D eigenvalue weighted by Gasteiger charge is 2.08. The van der Waals surface area contributed by atoms with E-state index < -0.39 is 0 Å². The van der Waals surface area contributed by atoms with Gasteiger partial charge in [0.15, 0.2) is 0 Å². The summed E-state index contributed by atoms with van der Waals surface area (Å²) in [6, 6.07) is 2.01. The first-order valence-electron chi connectivity index (χ1n) is 6.68. The Morgan fingerprint density at radius 2 is 2.11 bits per heavy atom. The van der Waals surface area contributed by atoms with Gasteiger partial charge in [-0.2, -0.15) is 0 Å². The standard InChI is InChI=1S/C14H25N3O/c1-4-17(5-2)11-14(18)10-16-9-13-6-7-15-8-12(13)3/h6-8,14,16,18H,4-5,9-11H2,1-3H3. The summed E-state index contributed by atoms with van der Waals surface area (Å²) in [5, 5.41) is 13.2. The number of hydrogen-bond donors (Lipinski definition) is 2. The van der Waals surface area contributed by atoms with Crippen LogP contribution in [0, 0.1) is 6.92 Å². The van der Waals surface area contributed by atoms with E-state index in [0.717, 1.165) is 26.2 Å². The van der Waals surface area contributed by atoms with Crippen LogP contribution in [0.3, 0.4) is 0 Å². The zero-order valence-corrected chi connectivity index (χ0v) is 11.7. The summed E-state index contributed by atoms with van der Waals surface area (Å²) in [7, 11) is 0. The molecule has 0 amide bonds. The van der Waals surface area contributed by atoms with E-state index in [0.29, 0.717) is 6.54 Å². The number of hydrogen-bond acceptors (Lipinski definition) is 4. The van der Waals surface area contributed by atoms with E-state index in [1.54, 1.807) is 6.20 Å². The highest BCUT2D eigenvalue weighted by Crippen LogP contribution is 2.04. The van der Waals surface area contributed by atoms with Crippen molar-refractivity contribution in [3.8, 4) is 0 Å². The van der Waals surface area contributed by atoms with Crippen molar-refractivity contribution in [1.29, 1.82) is 0 Å². The molecule has 0 aliphatic heterocycles. The molecule has 0 spiro atoms. The van der Waals surface area contributed by atoms with Crippen molar-refractivity contribution >= 4 is 0 Å². The Morgan fingerprint density at radius 1 is 1.39 bits per heavy atom. The van der Waals surface area contributed by atoms with Gasteiger partial charge in [0, 0.05) is 32.0 Å². The number of likely N-dealkylation sites (N-methyl/N-ethyl adjacent to an activating group) is 1. The van der Waals surface area contributed by atoms with Crippen LogP contribution < -0.4 is 5.32 Å². The fourth-order valence-electron chi connectivity index (χ4n) is 1.92. The van der Waals surface area contributed by atoms with Crippen LogP contribution in [0.1, 0.15) is 25.0 Å². The summed E-state index contributed by atoms with van der Waals surface area (Å²) < 4.78 is 0. The second-order valence-electron chi connectivity index (χ2n) is 4.57. The average molecular weight is 251 g/mol. The van der Waals surface area contributed by atoms with Crippen molar-refractivity contribution in [2.24, 2.45) is 0 Å². The third kappa shape index (κ3) is 5.12. The second-order valence-corrected chi connectivity index (χ2v) is 4.57. The monoisotopic (exact) mass is 251 g/mol. The van der Waals surface area contributed by atoms with Crippen molar-refractivity contribution in [2.75, 3.05) is 26.2 Å². The minimum absolute atomic E-state index is 0.313. The van der Waals surface area contributed by atoms with Gasteiger partial charge in [-0.05, 0) is 37.2 Å². The van der Waals surface area contributed by atoms with Crippen LogP contribution in [0.2, 0.25) is 0 Å². The number of aliphatic hydroxyl groups excluding tert-OH is 1. The number of nitrogens with zero attached hydrogens (tertiary/aromatic N) is 2. The van der Waals surface area contributed by atoms with Gasteiger partial charge in [-0.3, -0.25) is 4.98 Å². The van der Waals surface area contributed by atoms with E-state index in [2.05, 4.69) is 36.0 Å². The van der Waals surface area contributed by atoms with E-state index in [9.17, 15) is 5.11 Å². The molecule has 1 rings (SSSR count). The summed E-state index contributed by atoms with van der Waals surface area (Å²) in [6.45, 7) is 10.4. The molecule has 0 saturated heterocycles. The van der Waals surface area contributed by atoms with E-state index in [1.807, 2.05) is 12.3 Å². The highest BCUT2D eigenvalue weighted by atomic mass is 16.3. The molecule has 1 atom stereocenters. The Morgan fingerprint density at radius 3 is 2.72 bits per heavy atom. The van der Waals surface area contributed by atoms with Crippen LogP contribution >= 0.6 is 0 Å². The smallest absolute Gasteiger partial charge is 0.0791 e. The van der Waals surface area contributed by atoms with Crippen LogP contribution in [0.25, 0.3) is 0 Å². The molecule has 0 radical (unpaired) electrons. The molecule has 4 nitrogen and oxygen atoms in total. The van der Waals surface area contributed by atoms with Crippen LogP contribution in [-0.2, 0) is 6.54 Å². The van der Waals surface area contributed by atoms with Crippen LogP contribution in [0.5, 0.6) is 0 Å². The predicted molar refractivity (Wildman–Crippen MR) is 74.5 cm³/mol. The van der Waals surface area contributed by atoms with Crippen LogP contribution in [0.15, 0.2) is 18.5 Å². The van der Waals surface area contributed by atoms with Crippen molar-refractivity contribution in [3.05, 3.63) is 29.6 Å². The van der Waals surface area contributed by atoms with Crippen molar-refractivity contribution < 1.29 is 5.11 Å². The SMILES string of the molecule is CCN(CC)CC(O)CNCc1ccncc1C. The normalized spacial score (nSPS) is 12.9. The van der Waals surface area contributed by atoms with Gasteiger partial charge in [-0.25, -0.2) is 0 Å². The third-order valence-electron chi connectivity index (χ3n) is 3.20. The Hall–Kier alpha value is -0.970. The maximum absolute atomic E-state index is 9.91. The van der Waals surface area contributed by atoms with Gasteiger partial charge in [0.2, 0.25) is 0 Å². The molecule has 1 heterocycles. The summed E-state index contributed by atoms with van der Waals surface area (Å²) in [6.07, 6.45) is 3.35. The largest absolute Gasteiger partial charge is 0.390 e. The average Bonchev–Trinajstić information content (AvgIpc) is 2.38. The Kier molecular flexibility index (Phi) is 6.86. The molecular formula is C14H25N3O. The Balaban J connectivity index is 2.27. The first-order chi connectivity index (χ1) is 8.67. The van der Waals surface area contributed by atoms with Gasteiger partial charge < -0.3 is 15.3 Å². The molecule has 0 saturated carbocycles. The number of rotatable bonds is 8. The summed E-state index contributed by atoms with van der Waals surface area (Å²) in [5.74, 6) is 0. The van der Waals surface area contributed by atoms with E-state index in [4.69, 9.17) is 0 Å². The lowest BCUT2D eigenvalue weighted by atomic mass is 10.1. The molecule has 18 heavy (non-hydrogen) atoms. The molecule has 102 valence electrons. The third-order valence-corrected chi connectivity index (χ3v) is 3.20. The quantitative estimate of drug-likeness (QED) is 0.728. The molecule has 0 bridgehead atoms. The molecule has 2 N–H and O–H groups in total. The number of aromatic nitrogens is 1. The Bertz CT molecular complexity index is 340. The predicted octanol–water partition coefficient (Wildman–Crippen LogP) is 1.18. The van der Waals surface area contributed by atoms with E-state index in [1.165, 1.54) is 11.1 Å². The maximum Gasteiger partial charge on any atom is 0.0791 e. The van der Waals surface area contributed by atoms with Crippen LogP contribution in [-0.4, -0.2) is 47.3 Å². The summed E-state index contributed by atoms with van der Waals surface area (Å²) >= 11 is 0. The van der Waals surface area contributed by atoms with Gasteiger partial charge in [-0.1, -0.05) is 13.8 Å². The van der Waals surface area contributed by atoms with Crippen molar-refractivity contribution in [1.82, 2.24) is 15.2 Å². The molecule has 1 aromatic rings. The first-order valence-corrected chi connectivity index (χ1v) is 6.68. The minimum atomic E-state index is -0.313. The highest BCUT2D eigenvalue weighted by molar-refractivity contribution is 5.21. The molecule has 1 unspecified atom stereocenters. The number of aryl methyl sites for hydroxylation is 1. The number of aliphatic hydroxyl groups is 1. The van der Waals surface area contributed by atoms with Gasteiger partial charge >= 0.3 is 0 Å². The molecule has 0 fully saturated rings. The first kappa shape index (κ1) is 15.1.